The van der Waals surface area contributed by atoms with Crippen LogP contribution in [0.2, 0.25) is 0 Å². The Morgan fingerprint density at radius 1 is 1.33 bits per heavy atom. The Hall–Kier alpha value is -1.06. The average molecular weight is 180 g/mol. The Morgan fingerprint density at radius 3 is 2.83 bits per heavy atom. The van der Waals surface area contributed by atoms with Gasteiger partial charge in [0.2, 0.25) is 0 Å². The number of aliphatic hydroxyl groups excluding tert-OH is 1. The number of furan rings is 1. The second kappa shape index (κ2) is 3.13. The molecule has 1 N–H and O–H groups in total. The molecule has 3 heteroatoms. The lowest BCUT2D eigenvalue weighted by Crippen LogP contribution is -1.94. The third kappa shape index (κ3) is 1.29. The third-order valence-electron chi connectivity index (χ3n) is 1.72. The topological polar surface area (TPSA) is 33.4 Å². The maximum Gasteiger partial charge on any atom is 0.108 e. The predicted octanol–water partition coefficient (Wildman–Crippen LogP) is 2.42. The maximum absolute atomic E-state index is 9.72. The van der Waals surface area contributed by atoms with E-state index >= 15 is 0 Å². The minimum absolute atomic E-state index is 0.546. The van der Waals surface area contributed by atoms with E-state index in [0.717, 1.165) is 11.1 Å². The Bertz CT molecular complexity index is 289. The minimum Gasteiger partial charge on any atom is -0.472 e. The third-order valence-corrected chi connectivity index (χ3v) is 2.42. The van der Waals surface area contributed by atoms with Crippen LogP contribution in [0.4, 0.5) is 0 Å². The van der Waals surface area contributed by atoms with Gasteiger partial charge in [0, 0.05) is 5.56 Å². The molecule has 0 aliphatic heterocycles. The summed E-state index contributed by atoms with van der Waals surface area (Å²) in [7, 11) is 0. The molecule has 0 aromatic carbocycles. The fraction of sp³-hybridized carbons (Fsp3) is 0.111. The summed E-state index contributed by atoms with van der Waals surface area (Å²) in [5.41, 5.74) is 1.72. The van der Waals surface area contributed by atoms with Crippen molar-refractivity contribution in [3.05, 3.63) is 46.5 Å². The summed E-state index contributed by atoms with van der Waals surface area (Å²) in [4.78, 5) is 0. The molecule has 0 amide bonds. The zero-order chi connectivity index (χ0) is 8.39. The largest absolute Gasteiger partial charge is 0.472 e. The molecule has 12 heavy (non-hydrogen) atoms. The van der Waals surface area contributed by atoms with Crippen LogP contribution in [0.5, 0.6) is 0 Å². The van der Waals surface area contributed by atoms with Crippen molar-refractivity contribution >= 4 is 11.3 Å². The number of rotatable bonds is 2. The molecule has 1 atom stereocenters. The van der Waals surface area contributed by atoms with Crippen molar-refractivity contribution in [2.45, 2.75) is 6.10 Å². The lowest BCUT2D eigenvalue weighted by atomic mass is 10.1. The summed E-state index contributed by atoms with van der Waals surface area (Å²) in [6.45, 7) is 0. The van der Waals surface area contributed by atoms with Crippen LogP contribution < -0.4 is 0 Å². The summed E-state index contributed by atoms with van der Waals surface area (Å²) in [5, 5.41) is 13.6. The molecule has 0 saturated carbocycles. The van der Waals surface area contributed by atoms with Crippen molar-refractivity contribution in [3.8, 4) is 0 Å². The van der Waals surface area contributed by atoms with Crippen LogP contribution in [-0.4, -0.2) is 5.11 Å². The van der Waals surface area contributed by atoms with Gasteiger partial charge in [0.15, 0.2) is 0 Å². The van der Waals surface area contributed by atoms with Crippen LogP contribution in [0, 0.1) is 0 Å². The monoisotopic (exact) mass is 180 g/mol. The van der Waals surface area contributed by atoms with Crippen molar-refractivity contribution in [1.82, 2.24) is 0 Å². The highest BCUT2D eigenvalue weighted by atomic mass is 32.1. The highest BCUT2D eigenvalue weighted by Gasteiger charge is 2.10. The Labute approximate surface area is 74.1 Å². The fourth-order valence-electron chi connectivity index (χ4n) is 1.05. The van der Waals surface area contributed by atoms with Gasteiger partial charge in [0.25, 0.3) is 0 Å². The summed E-state index contributed by atoms with van der Waals surface area (Å²) in [6.07, 6.45) is 2.57. The van der Waals surface area contributed by atoms with Crippen LogP contribution in [0.25, 0.3) is 0 Å². The quantitative estimate of drug-likeness (QED) is 0.770. The Kier molecular flexibility index (Phi) is 1.98. The van der Waals surface area contributed by atoms with E-state index in [4.69, 9.17) is 4.42 Å². The highest BCUT2D eigenvalue weighted by Crippen LogP contribution is 2.23. The van der Waals surface area contributed by atoms with Gasteiger partial charge in [-0.15, -0.1) is 0 Å². The molecule has 0 spiro atoms. The SMILES string of the molecule is OC(c1ccoc1)c1ccsc1. The summed E-state index contributed by atoms with van der Waals surface area (Å²) in [6, 6.07) is 3.67. The molecule has 0 bridgehead atoms. The van der Waals surface area contributed by atoms with Gasteiger partial charge in [-0.05, 0) is 28.5 Å². The second-order valence-electron chi connectivity index (χ2n) is 2.52. The van der Waals surface area contributed by atoms with E-state index in [-0.39, 0.29) is 0 Å². The fourth-order valence-corrected chi connectivity index (χ4v) is 1.73. The van der Waals surface area contributed by atoms with Crippen molar-refractivity contribution < 1.29 is 9.52 Å². The molecule has 0 aliphatic rings. The van der Waals surface area contributed by atoms with Crippen LogP contribution in [0.15, 0.2) is 39.8 Å². The zero-order valence-corrected chi connectivity index (χ0v) is 7.12. The molecule has 2 nitrogen and oxygen atoms in total. The molecule has 2 aromatic heterocycles. The molecule has 1 unspecified atom stereocenters. The van der Waals surface area contributed by atoms with Gasteiger partial charge in [0.1, 0.15) is 6.10 Å². The van der Waals surface area contributed by atoms with Crippen molar-refractivity contribution in [2.75, 3.05) is 0 Å². The van der Waals surface area contributed by atoms with E-state index in [2.05, 4.69) is 0 Å². The van der Waals surface area contributed by atoms with Crippen LogP contribution in [0.3, 0.4) is 0 Å². The molecule has 0 aliphatic carbocycles. The lowest BCUT2D eigenvalue weighted by molar-refractivity contribution is 0.220. The van der Waals surface area contributed by atoms with Gasteiger partial charge in [-0.3, -0.25) is 0 Å². The minimum atomic E-state index is -0.546. The normalized spacial score (nSPS) is 13.1. The van der Waals surface area contributed by atoms with Crippen LogP contribution in [0.1, 0.15) is 17.2 Å². The lowest BCUT2D eigenvalue weighted by Gasteiger charge is -2.03. The van der Waals surface area contributed by atoms with Crippen LogP contribution in [-0.2, 0) is 0 Å². The zero-order valence-electron chi connectivity index (χ0n) is 6.31. The number of thiophene rings is 1. The molecular formula is C9H8O2S. The van der Waals surface area contributed by atoms with E-state index < -0.39 is 6.10 Å². The maximum atomic E-state index is 9.72. The van der Waals surface area contributed by atoms with E-state index in [0.29, 0.717) is 0 Å². The van der Waals surface area contributed by atoms with Crippen LogP contribution >= 0.6 is 11.3 Å². The number of hydrogen-bond acceptors (Lipinski definition) is 3. The molecule has 0 radical (unpaired) electrons. The first-order valence-corrected chi connectivity index (χ1v) is 4.54. The van der Waals surface area contributed by atoms with Gasteiger partial charge >= 0.3 is 0 Å². The summed E-state index contributed by atoms with van der Waals surface area (Å²) < 4.78 is 4.88. The smallest absolute Gasteiger partial charge is 0.108 e. The van der Waals surface area contributed by atoms with E-state index in [9.17, 15) is 5.11 Å². The standard InChI is InChI=1S/C9H8O2S/c10-9(7-1-3-11-5-7)8-2-4-12-6-8/h1-6,9-10H. The van der Waals surface area contributed by atoms with Gasteiger partial charge in [0.05, 0.1) is 12.5 Å². The molecule has 2 rings (SSSR count). The predicted molar refractivity (Wildman–Crippen MR) is 47.1 cm³/mol. The van der Waals surface area contributed by atoms with E-state index in [1.54, 1.807) is 29.9 Å². The van der Waals surface area contributed by atoms with E-state index in [1.165, 1.54) is 0 Å². The number of aliphatic hydroxyl groups is 1. The molecule has 62 valence electrons. The van der Waals surface area contributed by atoms with Crippen molar-refractivity contribution in [1.29, 1.82) is 0 Å². The molecule has 2 aromatic rings. The molecule has 2 heterocycles. The second-order valence-corrected chi connectivity index (χ2v) is 3.30. The molecule has 0 fully saturated rings. The highest BCUT2D eigenvalue weighted by molar-refractivity contribution is 7.07. The first-order valence-electron chi connectivity index (χ1n) is 3.60. The average Bonchev–Trinajstić information content (AvgIpc) is 2.77. The van der Waals surface area contributed by atoms with E-state index in [1.807, 2.05) is 16.8 Å². The molecular weight excluding hydrogens is 172 g/mol. The molecule has 0 saturated heterocycles. The van der Waals surface area contributed by atoms with Gasteiger partial charge in [-0.1, -0.05) is 0 Å². The first-order chi connectivity index (χ1) is 5.88. The first kappa shape index (κ1) is 7.58. The number of hydrogen-bond donors (Lipinski definition) is 1. The Balaban J connectivity index is 2.27. The van der Waals surface area contributed by atoms with Crippen molar-refractivity contribution in [2.24, 2.45) is 0 Å². The van der Waals surface area contributed by atoms with Gasteiger partial charge in [-0.25, -0.2) is 0 Å². The van der Waals surface area contributed by atoms with Crippen molar-refractivity contribution in [3.63, 3.8) is 0 Å². The summed E-state index contributed by atoms with van der Waals surface area (Å²) in [5.74, 6) is 0. The van der Waals surface area contributed by atoms with Gasteiger partial charge in [-0.2, -0.15) is 11.3 Å². The summed E-state index contributed by atoms with van der Waals surface area (Å²) >= 11 is 1.57. The van der Waals surface area contributed by atoms with Gasteiger partial charge < -0.3 is 9.52 Å². The Morgan fingerprint density at radius 2 is 2.25 bits per heavy atom.